The highest BCUT2D eigenvalue weighted by Gasteiger charge is 2.56. The molecular weight excluding hydrogens is 324 g/mol. The van der Waals surface area contributed by atoms with Crippen LogP contribution in [0.25, 0.3) is 0 Å². The Morgan fingerprint density at radius 1 is 0.962 bits per heavy atom. The van der Waals surface area contributed by atoms with Crippen LogP contribution < -0.4 is 10.6 Å². The second kappa shape index (κ2) is 6.94. The number of benzene rings is 2. The minimum Gasteiger partial charge on any atom is -0.325 e. The van der Waals surface area contributed by atoms with Crippen LogP contribution in [0.5, 0.6) is 0 Å². The van der Waals surface area contributed by atoms with E-state index in [-0.39, 0.29) is 11.8 Å². The SMILES string of the molecule is CCc1cccc(C)c1NC(=O)C1(C(=O)Nc2cc(C)cc(C)c2)CC1. The molecule has 0 bridgehead atoms. The highest BCUT2D eigenvalue weighted by Crippen LogP contribution is 2.47. The van der Waals surface area contributed by atoms with Crippen LogP contribution in [0, 0.1) is 26.2 Å². The van der Waals surface area contributed by atoms with Crippen molar-refractivity contribution in [3.63, 3.8) is 0 Å². The summed E-state index contributed by atoms with van der Waals surface area (Å²) in [4.78, 5) is 25.7. The summed E-state index contributed by atoms with van der Waals surface area (Å²) in [5, 5.41) is 5.96. The summed E-state index contributed by atoms with van der Waals surface area (Å²) in [6.07, 6.45) is 2.00. The number of rotatable bonds is 5. The molecule has 2 aromatic rings. The molecule has 136 valence electrons. The fraction of sp³-hybridized carbons (Fsp3) is 0.364. The number of carbonyl (C=O) groups excluding carboxylic acids is 2. The predicted octanol–water partition coefficient (Wildman–Crippen LogP) is 4.53. The fourth-order valence-electron chi connectivity index (χ4n) is 3.42. The van der Waals surface area contributed by atoms with Crippen molar-refractivity contribution in [3.8, 4) is 0 Å². The highest BCUT2D eigenvalue weighted by atomic mass is 16.2. The number of carbonyl (C=O) groups is 2. The molecule has 1 aliphatic carbocycles. The third-order valence-corrected chi connectivity index (χ3v) is 5.08. The molecule has 0 aliphatic heterocycles. The van der Waals surface area contributed by atoms with Gasteiger partial charge in [-0.3, -0.25) is 9.59 Å². The molecule has 4 heteroatoms. The quantitative estimate of drug-likeness (QED) is 0.778. The topological polar surface area (TPSA) is 58.2 Å². The fourth-order valence-corrected chi connectivity index (χ4v) is 3.42. The van der Waals surface area contributed by atoms with E-state index in [9.17, 15) is 9.59 Å². The van der Waals surface area contributed by atoms with Crippen LogP contribution in [0.1, 0.15) is 42.0 Å². The summed E-state index contributed by atoms with van der Waals surface area (Å²) in [6.45, 7) is 8.02. The Morgan fingerprint density at radius 2 is 1.58 bits per heavy atom. The minimum absolute atomic E-state index is 0.205. The molecule has 26 heavy (non-hydrogen) atoms. The molecule has 0 radical (unpaired) electrons. The van der Waals surface area contributed by atoms with Gasteiger partial charge in [-0.05, 0) is 74.4 Å². The second-order valence-electron chi connectivity index (χ2n) is 7.33. The van der Waals surface area contributed by atoms with Crippen molar-refractivity contribution in [3.05, 3.63) is 58.7 Å². The molecular formula is C22H26N2O2. The number of hydrogen-bond acceptors (Lipinski definition) is 2. The normalized spacial score (nSPS) is 14.6. The average molecular weight is 350 g/mol. The number of amides is 2. The highest BCUT2D eigenvalue weighted by molar-refractivity contribution is 6.17. The van der Waals surface area contributed by atoms with Crippen LogP contribution in [0.3, 0.4) is 0 Å². The zero-order chi connectivity index (χ0) is 18.9. The van der Waals surface area contributed by atoms with Crippen molar-refractivity contribution in [1.29, 1.82) is 0 Å². The molecule has 1 fully saturated rings. The molecule has 3 rings (SSSR count). The van der Waals surface area contributed by atoms with E-state index in [0.717, 1.165) is 40.0 Å². The second-order valence-corrected chi connectivity index (χ2v) is 7.33. The number of nitrogens with one attached hydrogen (secondary N) is 2. The third kappa shape index (κ3) is 3.50. The van der Waals surface area contributed by atoms with E-state index in [4.69, 9.17) is 0 Å². The number of para-hydroxylation sites is 1. The zero-order valence-electron chi connectivity index (χ0n) is 15.9. The van der Waals surface area contributed by atoms with Gasteiger partial charge in [0.2, 0.25) is 11.8 Å². The molecule has 2 amide bonds. The van der Waals surface area contributed by atoms with E-state index in [1.807, 2.05) is 51.1 Å². The maximum absolute atomic E-state index is 12.9. The van der Waals surface area contributed by atoms with Gasteiger partial charge in [-0.15, -0.1) is 0 Å². The maximum atomic E-state index is 12.9. The first kappa shape index (κ1) is 18.2. The first-order valence-electron chi connectivity index (χ1n) is 9.15. The van der Waals surface area contributed by atoms with Crippen molar-refractivity contribution < 1.29 is 9.59 Å². The van der Waals surface area contributed by atoms with Gasteiger partial charge in [0.25, 0.3) is 0 Å². The van der Waals surface area contributed by atoms with E-state index in [2.05, 4.69) is 23.6 Å². The van der Waals surface area contributed by atoms with Crippen LogP contribution in [-0.4, -0.2) is 11.8 Å². The van der Waals surface area contributed by atoms with E-state index >= 15 is 0 Å². The Labute approximate surface area is 155 Å². The molecule has 4 nitrogen and oxygen atoms in total. The number of hydrogen-bond donors (Lipinski definition) is 2. The largest absolute Gasteiger partial charge is 0.325 e. The molecule has 0 aromatic heterocycles. The standard InChI is InChI=1S/C22H26N2O2/c1-5-17-8-6-7-16(4)19(17)24-21(26)22(9-10-22)20(25)23-18-12-14(2)11-15(3)13-18/h6-8,11-13H,5,9-10H2,1-4H3,(H,23,25)(H,24,26). The summed E-state index contributed by atoms with van der Waals surface area (Å²) in [5.74, 6) is -0.421. The molecule has 2 N–H and O–H groups in total. The summed E-state index contributed by atoms with van der Waals surface area (Å²) in [5.41, 5.74) is 4.91. The maximum Gasteiger partial charge on any atom is 0.240 e. The summed E-state index contributed by atoms with van der Waals surface area (Å²) in [6, 6.07) is 11.9. The Morgan fingerprint density at radius 3 is 2.15 bits per heavy atom. The van der Waals surface area contributed by atoms with Crippen LogP contribution >= 0.6 is 0 Å². The van der Waals surface area contributed by atoms with E-state index < -0.39 is 5.41 Å². The van der Waals surface area contributed by atoms with Gasteiger partial charge in [-0.25, -0.2) is 0 Å². The van der Waals surface area contributed by atoms with Gasteiger partial charge < -0.3 is 10.6 Å². The Hall–Kier alpha value is -2.62. The molecule has 1 saturated carbocycles. The molecule has 0 heterocycles. The molecule has 2 aromatic carbocycles. The van der Waals surface area contributed by atoms with Crippen molar-refractivity contribution in [2.24, 2.45) is 5.41 Å². The van der Waals surface area contributed by atoms with Gasteiger partial charge in [-0.1, -0.05) is 31.2 Å². The molecule has 0 spiro atoms. The Bertz CT molecular complexity index is 846. The predicted molar refractivity (Wildman–Crippen MR) is 105 cm³/mol. The van der Waals surface area contributed by atoms with Gasteiger partial charge in [0, 0.05) is 11.4 Å². The lowest BCUT2D eigenvalue weighted by Gasteiger charge is -2.18. The van der Waals surface area contributed by atoms with Gasteiger partial charge in [0.05, 0.1) is 0 Å². The first-order chi connectivity index (χ1) is 12.4. The van der Waals surface area contributed by atoms with Gasteiger partial charge >= 0.3 is 0 Å². The van der Waals surface area contributed by atoms with E-state index in [1.54, 1.807) is 0 Å². The van der Waals surface area contributed by atoms with Crippen LogP contribution in [0.4, 0.5) is 11.4 Å². The molecule has 0 saturated heterocycles. The third-order valence-electron chi connectivity index (χ3n) is 5.08. The summed E-state index contributed by atoms with van der Waals surface area (Å²) < 4.78 is 0. The lowest BCUT2D eigenvalue weighted by atomic mass is 10.0. The molecule has 1 aliphatic rings. The monoisotopic (exact) mass is 350 g/mol. The Kier molecular flexibility index (Phi) is 4.86. The summed E-state index contributed by atoms with van der Waals surface area (Å²) >= 11 is 0. The minimum atomic E-state index is -0.953. The summed E-state index contributed by atoms with van der Waals surface area (Å²) in [7, 11) is 0. The van der Waals surface area contributed by atoms with Crippen molar-refractivity contribution >= 4 is 23.2 Å². The number of anilines is 2. The van der Waals surface area contributed by atoms with Gasteiger partial charge in [0.1, 0.15) is 5.41 Å². The lowest BCUT2D eigenvalue weighted by Crippen LogP contribution is -2.36. The van der Waals surface area contributed by atoms with E-state index in [1.165, 1.54) is 0 Å². The number of aryl methyl sites for hydroxylation is 4. The van der Waals surface area contributed by atoms with E-state index in [0.29, 0.717) is 12.8 Å². The van der Waals surface area contributed by atoms with Crippen LogP contribution in [0.15, 0.2) is 36.4 Å². The van der Waals surface area contributed by atoms with Crippen LogP contribution in [-0.2, 0) is 16.0 Å². The lowest BCUT2D eigenvalue weighted by molar-refractivity contribution is -0.131. The Balaban J connectivity index is 1.78. The van der Waals surface area contributed by atoms with Gasteiger partial charge in [0.15, 0.2) is 0 Å². The van der Waals surface area contributed by atoms with Crippen molar-refractivity contribution in [2.45, 2.75) is 47.0 Å². The van der Waals surface area contributed by atoms with Crippen LogP contribution in [0.2, 0.25) is 0 Å². The smallest absolute Gasteiger partial charge is 0.240 e. The molecule has 0 unspecified atom stereocenters. The zero-order valence-corrected chi connectivity index (χ0v) is 15.9. The van der Waals surface area contributed by atoms with Crippen molar-refractivity contribution in [1.82, 2.24) is 0 Å². The first-order valence-corrected chi connectivity index (χ1v) is 9.15. The average Bonchev–Trinajstić information content (AvgIpc) is 3.37. The van der Waals surface area contributed by atoms with Gasteiger partial charge in [-0.2, -0.15) is 0 Å². The molecule has 0 atom stereocenters. The van der Waals surface area contributed by atoms with Crippen molar-refractivity contribution in [2.75, 3.05) is 10.6 Å².